The second-order valence-electron chi connectivity index (χ2n) is 17.1. The van der Waals surface area contributed by atoms with E-state index in [2.05, 4.69) is 46.1 Å². The van der Waals surface area contributed by atoms with E-state index in [0.717, 1.165) is 12.8 Å². The fourth-order valence-corrected chi connectivity index (χ4v) is 7.74. The normalized spacial score (nSPS) is 14.9. The van der Waals surface area contributed by atoms with E-state index in [1.165, 1.54) is 89.9 Å². The predicted octanol–water partition coefficient (Wildman–Crippen LogP) is 12.1. The van der Waals surface area contributed by atoms with Crippen molar-refractivity contribution in [3.8, 4) is 0 Å². The molecule has 0 aliphatic rings. The Morgan fingerprint density at radius 1 is 0.653 bits per heavy atom. The highest BCUT2D eigenvalue weighted by Crippen LogP contribution is 2.52. The number of amides is 1. The van der Waals surface area contributed by atoms with E-state index in [-0.39, 0.29) is 24.8 Å². The SMILES string of the molecule is CCCCCCCCCCCCCCCCCCOC[C@H](COP(=O)(OCCNC(=O)OC(C)(C)C)OC(C)(C)C)O[Si](C)(C)C(C)(C)C. The van der Waals surface area contributed by atoms with Gasteiger partial charge >= 0.3 is 13.9 Å². The average molecular weight is 738 g/mol. The van der Waals surface area contributed by atoms with Crippen molar-refractivity contribution < 1.29 is 36.8 Å². The van der Waals surface area contributed by atoms with Gasteiger partial charge in [-0.3, -0.25) is 13.6 Å². The van der Waals surface area contributed by atoms with Gasteiger partial charge in [-0.25, -0.2) is 9.36 Å². The quantitative estimate of drug-likeness (QED) is 0.0460. The second kappa shape index (κ2) is 25.5. The minimum atomic E-state index is -3.99. The molecule has 9 nitrogen and oxygen atoms in total. The molecular formula is C38H80NO8PSi. The topological polar surface area (TPSA) is 102 Å². The lowest BCUT2D eigenvalue weighted by Crippen LogP contribution is -2.46. The molecule has 0 saturated carbocycles. The lowest BCUT2D eigenvalue weighted by atomic mass is 10.0. The molecule has 0 aromatic heterocycles. The number of rotatable bonds is 29. The van der Waals surface area contributed by atoms with Crippen LogP contribution in [-0.2, 0) is 32.0 Å². The van der Waals surface area contributed by atoms with Crippen LogP contribution in [0.15, 0.2) is 0 Å². The molecule has 0 aromatic carbocycles. The Labute approximate surface area is 304 Å². The van der Waals surface area contributed by atoms with Gasteiger partial charge in [0.25, 0.3) is 0 Å². The van der Waals surface area contributed by atoms with Crippen LogP contribution >= 0.6 is 7.82 Å². The van der Waals surface area contributed by atoms with E-state index in [1.807, 2.05) is 0 Å². The zero-order chi connectivity index (χ0) is 37.5. The number of carbonyl (C=O) groups excluding carboxylic acids is 1. The van der Waals surface area contributed by atoms with Crippen molar-refractivity contribution in [3.05, 3.63) is 0 Å². The number of alkyl carbamates (subject to hydrolysis) is 1. The molecule has 1 unspecified atom stereocenters. The van der Waals surface area contributed by atoms with Gasteiger partial charge in [0.1, 0.15) is 5.60 Å². The van der Waals surface area contributed by atoms with E-state index in [0.29, 0.717) is 13.2 Å². The Balaban J connectivity index is 4.67. The molecule has 0 heterocycles. The summed E-state index contributed by atoms with van der Waals surface area (Å²) in [6.45, 7) is 24.9. The maximum absolute atomic E-state index is 13.7. The van der Waals surface area contributed by atoms with Crippen LogP contribution in [0.3, 0.4) is 0 Å². The third kappa shape index (κ3) is 28.7. The maximum Gasteiger partial charge on any atom is 0.475 e. The summed E-state index contributed by atoms with van der Waals surface area (Å²) in [4.78, 5) is 12.0. The third-order valence-corrected chi connectivity index (χ3v) is 14.8. The first-order valence-electron chi connectivity index (χ1n) is 19.5. The van der Waals surface area contributed by atoms with Gasteiger partial charge in [0.2, 0.25) is 0 Å². The first kappa shape index (κ1) is 48.5. The lowest BCUT2D eigenvalue weighted by Gasteiger charge is -2.39. The molecule has 294 valence electrons. The van der Waals surface area contributed by atoms with Crippen LogP contribution in [0.25, 0.3) is 0 Å². The van der Waals surface area contributed by atoms with Crippen LogP contribution in [0.4, 0.5) is 4.79 Å². The highest BCUT2D eigenvalue weighted by atomic mass is 31.2. The molecule has 1 N–H and O–H groups in total. The number of unbranched alkanes of at least 4 members (excludes halogenated alkanes) is 15. The standard InChI is InChI=1S/C38H80NO8PSi/c1-13-14-15-16-17-18-19-20-21-22-23-24-25-26-27-28-30-42-32-34(46-49(11,12)38(8,9)10)33-44-48(41,47-37(5,6)7)43-31-29-39-35(40)45-36(2,3)4/h34H,13-33H2,1-12H3,(H,39,40)/t34-,48?/m1/s1. The van der Waals surface area contributed by atoms with Crippen LogP contribution in [0.5, 0.6) is 0 Å². The number of hydrogen-bond donors (Lipinski definition) is 1. The molecule has 0 aliphatic carbocycles. The zero-order valence-electron chi connectivity index (χ0n) is 34.1. The van der Waals surface area contributed by atoms with E-state index >= 15 is 0 Å². The number of phosphoric acid groups is 1. The molecule has 0 radical (unpaired) electrons. The summed E-state index contributed by atoms with van der Waals surface area (Å²) in [5, 5.41) is 2.59. The van der Waals surface area contributed by atoms with Gasteiger partial charge in [0.05, 0.1) is 31.5 Å². The van der Waals surface area contributed by atoms with Crippen molar-refractivity contribution in [1.82, 2.24) is 5.32 Å². The molecular weight excluding hydrogens is 657 g/mol. The van der Waals surface area contributed by atoms with Crippen molar-refractivity contribution in [2.24, 2.45) is 0 Å². The zero-order valence-corrected chi connectivity index (χ0v) is 36.0. The fraction of sp³-hybridized carbons (Fsp3) is 0.974. The molecule has 49 heavy (non-hydrogen) atoms. The van der Waals surface area contributed by atoms with Gasteiger partial charge in [-0.15, -0.1) is 0 Å². The summed E-state index contributed by atoms with van der Waals surface area (Å²) >= 11 is 0. The van der Waals surface area contributed by atoms with Gasteiger partial charge in [-0.1, -0.05) is 124 Å². The van der Waals surface area contributed by atoms with E-state index < -0.39 is 39.5 Å². The summed E-state index contributed by atoms with van der Waals surface area (Å²) < 4.78 is 49.0. The van der Waals surface area contributed by atoms with Crippen molar-refractivity contribution >= 4 is 22.2 Å². The van der Waals surface area contributed by atoms with Gasteiger partial charge in [0, 0.05) is 13.2 Å². The van der Waals surface area contributed by atoms with Gasteiger partial charge in [0.15, 0.2) is 8.32 Å². The Hall–Kier alpha value is -0.483. The van der Waals surface area contributed by atoms with Gasteiger partial charge < -0.3 is 19.2 Å². The molecule has 0 aliphatic heterocycles. The summed E-state index contributed by atoms with van der Waals surface area (Å²) in [6.07, 6.45) is 20.3. The molecule has 0 rings (SSSR count). The highest BCUT2D eigenvalue weighted by Gasteiger charge is 2.40. The van der Waals surface area contributed by atoms with Crippen LogP contribution in [0.1, 0.15) is 172 Å². The van der Waals surface area contributed by atoms with E-state index in [4.69, 9.17) is 27.5 Å². The number of nitrogens with one attached hydrogen (secondary N) is 1. The Bertz CT molecular complexity index is 882. The summed E-state index contributed by atoms with van der Waals surface area (Å²) in [5.74, 6) is 0. The number of ether oxygens (including phenoxy) is 2. The van der Waals surface area contributed by atoms with Crippen molar-refractivity contribution in [1.29, 1.82) is 0 Å². The first-order chi connectivity index (χ1) is 22.7. The lowest BCUT2D eigenvalue weighted by molar-refractivity contribution is -0.00748. The molecule has 2 atom stereocenters. The van der Waals surface area contributed by atoms with E-state index in [1.54, 1.807) is 41.5 Å². The Morgan fingerprint density at radius 3 is 1.55 bits per heavy atom. The summed E-state index contributed by atoms with van der Waals surface area (Å²) in [6, 6.07) is 0. The molecule has 1 amide bonds. The number of phosphoric ester groups is 1. The van der Waals surface area contributed by atoms with Crippen molar-refractivity contribution in [3.63, 3.8) is 0 Å². The summed E-state index contributed by atoms with van der Waals surface area (Å²) in [5.41, 5.74) is -1.40. The molecule has 0 spiro atoms. The average Bonchev–Trinajstić information content (AvgIpc) is 2.95. The monoisotopic (exact) mass is 738 g/mol. The largest absolute Gasteiger partial charge is 0.475 e. The smallest absolute Gasteiger partial charge is 0.444 e. The van der Waals surface area contributed by atoms with E-state index in [9.17, 15) is 9.36 Å². The minimum Gasteiger partial charge on any atom is -0.444 e. The molecule has 0 fully saturated rings. The molecule has 0 bridgehead atoms. The van der Waals surface area contributed by atoms with Crippen molar-refractivity contribution in [2.45, 2.75) is 207 Å². The molecule has 0 aromatic rings. The van der Waals surface area contributed by atoms with Crippen LogP contribution in [0.2, 0.25) is 18.1 Å². The summed E-state index contributed by atoms with van der Waals surface area (Å²) in [7, 11) is -6.17. The third-order valence-electron chi connectivity index (χ3n) is 8.54. The highest BCUT2D eigenvalue weighted by molar-refractivity contribution is 7.48. The van der Waals surface area contributed by atoms with Gasteiger partial charge in [-0.05, 0) is 66.1 Å². The minimum absolute atomic E-state index is 0.00167. The maximum atomic E-state index is 13.7. The van der Waals surface area contributed by atoms with Crippen LogP contribution in [-0.4, -0.2) is 64.7 Å². The molecule has 11 heteroatoms. The van der Waals surface area contributed by atoms with Crippen molar-refractivity contribution in [2.75, 3.05) is 33.0 Å². The Morgan fingerprint density at radius 2 is 1.12 bits per heavy atom. The second-order valence-corrected chi connectivity index (χ2v) is 23.4. The fourth-order valence-electron chi connectivity index (χ4n) is 4.90. The predicted molar refractivity (Wildman–Crippen MR) is 207 cm³/mol. The van der Waals surface area contributed by atoms with Gasteiger partial charge in [-0.2, -0.15) is 0 Å². The first-order valence-corrected chi connectivity index (χ1v) is 23.9. The number of carbonyl (C=O) groups is 1. The molecule has 0 saturated heterocycles. The Kier molecular flexibility index (Phi) is 25.2. The number of hydrogen-bond acceptors (Lipinski definition) is 8. The van der Waals surface area contributed by atoms with Crippen LogP contribution in [0, 0.1) is 0 Å². The van der Waals surface area contributed by atoms with Crippen LogP contribution < -0.4 is 5.32 Å².